The Kier molecular flexibility index (Phi) is 3.88. The van der Waals surface area contributed by atoms with Gasteiger partial charge in [-0.25, -0.2) is 4.79 Å². The lowest BCUT2D eigenvalue weighted by Crippen LogP contribution is -1.95. The van der Waals surface area contributed by atoms with Crippen molar-refractivity contribution in [2.75, 3.05) is 0 Å². The first-order valence-electron chi connectivity index (χ1n) is 4.32. The molecule has 1 unspecified atom stereocenters. The minimum absolute atomic E-state index is 0.316. The number of carbonyl (C=O) groups is 1. The molecule has 0 spiro atoms. The van der Waals surface area contributed by atoms with Crippen LogP contribution in [0.4, 0.5) is 0 Å². The molecule has 1 rings (SSSR count). The van der Waals surface area contributed by atoms with Gasteiger partial charge >= 0.3 is 5.97 Å². The second-order valence-electron chi connectivity index (χ2n) is 2.90. The van der Waals surface area contributed by atoms with Crippen molar-refractivity contribution in [2.45, 2.75) is 12.5 Å². The van der Waals surface area contributed by atoms with Gasteiger partial charge in [0, 0.05) is 6.08 Å². The van der Waals surface area contributed by atoms with Crippen molar-refractivity contribution in [2.24, 2.45) is 0 Å². The Morgan fingerprint density at radius 3 is 2.57 bits per heavy atom. The molecule has 3 heteroatoms. The van der Waals surface area contributed by atoms with Gasteiger partial charge in [0.15, 0.2) is 0 Å². The Bertz CT molecular complexity index is 317. The molecule has 0 bridgehead atoms. The van der Waals surface area contributed by atoms with E-state index in [1.54, 1.807) is 12.1 Å². The van der Waals surface area contributed by atoms with Crippen LogP contribution in [0.2, 0.25) is 0 Å². The maximum atomic E-state index is 10.1. The van der Waals surface area contributed by atoms with Gasteiger partial charge in [-0.15, -0.1) is 0 Å². The Balaban J connectivity index is 2.51. The van der Waals surface area contributed by atoms with Gasteiger partial charge in [0.25, 0.3) is 0 Å². The molecule has 3 nitrogen and oxygen atoms in total. The van der Waals surface area contributed by atoms with Crippen LogP contribution in [0, 0.1) is 0 Å². The van der Waals surface area contributed by atoms with Gasteiger partial charge < -0.3 is 10.2 Å². The summed E-state index contributed by atoms with van der Waals surface area (Å²) in [5.74, 6) is -0.995. The molecule has 0 saturated heterocycles. The normalized spacial score (nSPS) is 12.9. The van der Waals surface area contributed by atoms with E-state index in [0.29, 0.717) is 6.42 Å². The molecule has 0 aromatic heterocycles. The van der Waals surface area contributed by atoms with Gasteiger partial charge in [0.05, 0.1) is 6.10 Å². The topological polar surface area (TPSA) is 57.5 Å². The zero-order valence-corrected chi connectivity index (χ0v) is 7.63. The number of carboxylic acids is 1. The molecule has 0 aliphatic heterocycles. The summed E-state index contributed by atoms with van der Waals surface area (Å²) in [7, 11) is 0. The fourth-order valence-corrected chi connectivity index (χ4v) is 1.11. The van der Waals surface area contributed by atoms with Crippen molar-refractivity contribution >= 4 is 5.97 Å². The van der Waals surface area contributed by atoms with E-state index in [2.05, 4.69) is 0 Å². The first-order chi connectivity index (χ1) is 6.70. The van der Waals surface area contributed by atoms with Crippen LogP contribution in [0.3, 0.4) is 0 Å². The van der Waals surface area contributed by atoms with Crippen LogP contribution in [0.1, 0.15) is 18.1 Å². The summed E-state index contributed by atoms with van der Waals surface area (Å²) in [6.07, 6.45) is 2.16. The largest absolute Gasteiger partial charge is 0.478 e. The predicted molar refractivity (Wildman–Crippen MR) is 52.8 cm³/mol. The van der Waals surface area contributed by atoms with Gasteiger partial charge in [-0.1, -0.05) is 36.4 Å². The van der Waals surface area contributed by atoms with E-state index in [1.165, 1.54) is 6.08 Å². The van der Waals surface area contributed by atoms with Gasteiger partial charge in [0.1, 0.15) is 0 Å². The van der Waals surface area contributed by atoms with Crippen LogP contribution in [-0.2, 0) is 4.79 Å². The quantitative estimate of drug-likeness (QED) is 0.714. The van der Waals surface area contributed by atoms with Crippen molar-refractivity contribution in [1.82, 2.24) is 0 Å². The lowest BCUT2D eigenvalue weighted by atomic mass is 10.1. The molecular weight excluding hydrogens is 180 g/mol. The van der Waals surface area contributed by atoms with Crippen LogP contribution in [-0.4, -0.2) is 16.2 Å². The molecule has 0 amide bonds. The first-order valence-corrected chi connectivity index (χ1v) is 4.32. The molecule has 0 saturated carbocycles. The average molecular weight is 192 g/mol. The first kappa shape index (κ1) is 10.5. The minimum atomic E-state index is -0.995. The Morgan fingerprint density at radius 2 is 2.00 bits per heavy atom. The van der Waals surface area contributed by atoms with E-state index in [4.69, 9.17) is 5.11 Å². The monoisotopic (exact) mass is 192 g/mol. The standard InChI is InChI=1S/C11H12O3/c12-10(7-4-8-11(13)14)9-5-2-1-3-6-9/h1-6,8,10,12H,7H2,(H,13,14). The molecule has 0 aliphatic carbocycles. The van der Waals surface area contributed by atoms with Crippen molar-refractivity contribution in [3.63, 3.8) is 0 Å². The molecule has 74 valence electrons. The Labute approximate surface area is 82.3 Å². The minimum Gasteiger partial charge on any atom is -0.478 e. The second-order valence-corrected chi connectivity index (χ2v) is 2.90. The van der Waals surface area contributed by atoms with E-state index in [9.17, 15) is 9.90 Å². The second kappa shape index (κ2) is 5.19. The Hall–Kier alpha value is -1.61. The fourth-order valence-electron chi connectivity index (χ4n) is 1.11. The molecule has 14 heavy (non-hydrogen) atoms. The average Bonchev–Trinajstić information content (AvgIpc) is 2.18. The summed E-state index contributed by atoms with van der Waals surface area (Å²) in [5.41, 5.74) is 0.794. The number of aliphatic hydroxyl groups excluding tert-OH is 1. The van der Waals surface area contributed by atoms with E-state index >= 15 is 0 Å². The summed E-state index contributed by atoms with van der Waals surface area (Å²) >= 11 is 0. The molecule has 0 radical (unpaired) electrons. The smallest absolute Gasteiger partial charge is 0.327 e. The van der Waals surface area contributed by atoms with Crippen molar-refractivity contribution < 1.29 is 15.0 Å². The maximum absolute atomic E-state index is 10.1. The number of aliphatic carboxylic acids is 1. The number of carboxylic acid groups (broad SMARTS) is 1. The van der Waals surface area contributed by atoms with E-state index in [0.717, 1.165) is 11.6 Å². The third kappa shape index (κ3) is 3.41. The summed E-state index contributed by atoms with van der Waals surface area (Å²) < 4.78 is 0. The lowest BCUT2D eigenvalue weighted by Gasteiger charge is -2.06. The third-order valence-electron chi connectivity index (χ3n) is 1.80. The summed E-state index contributed by atoms with van der Waals surface area (Å²) in [6, 6.07) is 9.14. The van der Waals surface area contributed by atoms with E-state index in [1.807, 2.05) is 18.2 Å². The number of aliphatic hydroxyl groups is 1. The molecule has 1 atom stereocenters. The van der Waals surface area contributed by atoms with Crippen LogP contribution < -0.4 is 0 Å². The SMILES string of the molecule is O=C(O)C=CCC(O)c1ccccc1. The number of benzene rings is 1. The van der Waals surface area contributed by atoms with Gasteiger partial charge in [-0.05, 0) is 12.0 Å². The Morgan fingerprint density at radius 1 is 1.36 bits per heavy atom. The highest BCUT2D eigenvalue weighted by Crippen LogP contribution is 2.15. The molecule has 1 aromatic rings. The van der Waals surface area contributed by atoms with Gasteiger partial charge in [-0.3, -0.25) is 0 Å². The summed E-state index contributed by atoms with van der Waals surface area (Å²) in [4.78, 5) is 10.1. The highest BCUT2D eigenvalue weighted by atomic mass is 16.4. The fraction of sp³-hybridized carbons (Fsp3) is 0.182. The van der Waals surface area contributed by atoms with Crippen molar-refractivity contribution in [1.29, 1.82) is 0 Å². The molecule has 1 aromatic carbocycles. The maximum Gasteiger partial charge on any atom is 0.327 e. The molecule has 2 N–H and O–H groups in total. The molecule has 0 heterocycles. The highest BCUT2D eigenvalue weighted by Gasteiger charge is 2.03. The zero-order chi connectivity index (χ0) is 10.4. The number of hydrogen-bond acceptors (Lipinski definition) is 2. The van der Waals surface area contributed by atoms with Gasteiger partial charge in [0.2, 0.25) is 0 Å². The van der Waals surface area contributed by atoms with Crippen LogP contribution >= 0.6 is 0 Å². The number of rotatable bonds is 4. The van der Waals surface area contributed by atoms with Crippen LogP contribution in [0.25, 0.3) is 0 Å². The highest BCUT2D eigenvalue weighted by molar-refractivity contribution is 5.79. The summed E-state index contributed by atoms with van der Waals surface area (Å²) in [5, 5.41) is 17.9. The zero-order valence-electron chi connectivity index (χ0n) is 7.63. The lowest BCUT2D eigenvalue weighted by molar-refractivity contribution is -0.131. The van der Waals surface area contributed by atoms with Crippen LogP contribution in [0.15, 0.2) is 42.5 Å². The van der Waals surface area contributed by atoms with Crippen LogP contribution in [0.5, 0.6) is 0 Å². The van der Waals surface area contributed by atoms with Gasteiger partial charge in [-0.2, -0.15) is 0 Å². The summed E-state index contributed by atoms with van der Waals surface area (Å²) in [6.45, 7) is 0. The number of hydrogen-bond donors (Lipinski definition) is 2. The third-order valence-corrected chi connectivity index (χ3v) is 1.80. The van der Waals surface area contributed by atoms with Crippen molar-refractivity contribution in [3.05, 3.63) is 48.0 Å². The molecule has 0 aliphatic rings. The van der Waals surface area contributed by atoms with Crippen molar-refractivity contribution in [3.8, 4) is 0 Å². The molecule has 0 fully saturated rings. The van der Waals surface area contributed by atoms with E-state index < -0.39 is 12.1 Å². The molecular formula is C11H12O3. The van der Waals surface area contributed by atoms with E-state index in [-0.39, 0.29) is 0 Å². The predicted octanol–water partition coefficient (Wildman–Crippen LogP) is 1.75.